The third kappa shape index (κ3) is 4.85. The van der Waals surface area contributed by atoms with E-state index in [0.29, 0.717) is 11.8 Å². The average Bonchev–Trinajstić information content (AvgIpc) is 2.86. The molecule has 1 aromatic rings. The summed E-state index contributed by atoms with van der Waals surface area (Å²) in [5.74, 6) is 4.04. The molecular weight excluding hydrogens is 326 g/mol. The largest absolute Gasteiger partial charge is 0.468 e. The summed E-state index contributed by atoms with van der Waals surface area (Å²) in [4.78, 5) is 0. The lowest BCUT2D eigenvalue weighted by atomic mass is 9.71. The fraction of sp³-hybridized carbons (Fsp3) is 0.778. The van der Waals surface area contributed by atoms with Crippen LogP contribution < -0.4 is 5.32 Å². The number of hydrogen-bond donors (Lipinski definition) is 1. The standard InChI is InChI=1S/C18H30BrNO/c1-4-5-14-6-7-15(12-20-11-13(2)3)16(10-14)18-17(19)8-9-21-18/h8-9,13-16,20H,4-7,10-12H2,1-3H3. The van der Waals surface area contributed by atoms with E-state index in [1.807, 2.05) is 12.3 Å². The molecule has 3 atom stereocenters. The van der Waals surface area contributed by atoms with Crippen LogP contribution in [0.1, 0.15) is 64.6 Å². The number of halogens is 1. The van der Waals surface area contributed by atoms with Crippen molar-refractivity contribution in [1.29, 1.82) is 0 Å². The molecule has 0 aromatic carbocycles. The van der Waals surface area contributed by atoms with Gasteiger partial charge in [-0.2, -0.15) is 0 Å². The van der Waals surface area contributed by atoms with Crippen molar-refractivity contribution in [3.8, 4) is 0 Å². The van der Waals surface area contributed by atoms with Crippen LogP contribution in [-0.4, -0.2) is 13.1 Å². The van der Waals surface area contributed by atoms with Gasteiger partial charge in [-0.3, -0.25) is 0 Å². The molecule has 3 unspecified atom stereocenters. The predicted molar refractivity (Wildman–Crippen MR) is 92.6 cm³/mol. The Bertz CT molecular complexity index is 415. The highest BCUT2D eigenvalue weighted by atomic mass is 79.9. The normalized spacial score (nSPS) is 26.4. The molecule has 2 nitrogen and oxygen atoms in total. The molecule has 1 saturated carbocycles. The van der Waals surface area contributed by atoms with Gasteiger partial charge in [0.1, 0.15) is 5.76 Å². The Morgan fingerprint density at radius 3 is 2.81 bits per heavy atom. The monoisotopic (exact) mass is 355 g/mol. The summed E-state index contributed by atoms with van der Waals surface area (Å²) < 4.78 is 6.96. The van der Waals surface area contributed by atoms with E-state index in [-0.39, 0.29) is 0 Å². The fourth-order valence-corrected chi connectivity index (χ4v) is 4.18. The van der Waals surface area contributed by atoms with Crippen molar-refractivity contribution in [2.45, 2.75) is 58.8 Å². The molecule has 3 heteroatoms. The molecule has 1 fully saturated rings. The second-order valence-corrected chi connectivity index (χ2v) is 7.87. The average molecular weight is 356 g/mol. The minimum absolute atomic E-state index is 0.569. The molecule has 0 aliphatic heterocycles. The Kier molecular flexibility index (Phi) is 6.81. The van der Waals surface area contributed by atoms with Gasteiger partial charge in [-0.15, -0.1) is 0 Å². The van der Waals surface area contributed by atoms with Crippen molar-refractivity contribution in [2.75, 3.05) is 13.1 Å². The molecule has 1 aliphatic carbocycles. The summed E-state index contributed by atoms with van der Waals surface area (Å²) in [5.41, 5.74) is 0. The van der Waals surface area contributed by atoms with Crippen molar-refractivity contribution in [3.63, 3.8) is 0 Å². The maximum atomic E-state index is 5.81. The number of nitrogens with one attached hydrogen (secondary N) is 1. The zero-order chi connectivity index (χ0) is 15.2. The molecule has 120 valence electrons. The molecule has 1 heterocycles. The van der Waals surface area contributed by atoms with Crippen molar-refractivity contribution in [2.24, 2.45) is 17.8 Å². The SMILES string of the molecule is CCCC1CCC(CNCC(C)C)C(c2occc2Br)C1. The summed E-state index contributed by atoms with van der Waals surface area (Å²) in [7, 11) is 0. The smallest absolute Gasteiger partial charge is 0.121 e. The van der Waals surface area contributed by atoms with Gasteiger partial charge in [-0.05, 0) is 65.7 Å². The molecule has 1 aromatic heterocycles. The van der Waals surface area contributed by atoms with Gasteiger partial charge in [0.2, 0.25) is 0 Å². The van der Waals surface area contributed by atoms with Crippen LogP contribution in [0.25, 0.3) is 0 Å². The van der Waals surface area contributed by atoms with E-state index < -0.39 is 0 Å². The van der Waals surface area contributed by atoms with Crippen molar-refractivity contribution >= 4 is 15.9 Å². The molecule has 0 bridgehead atoms. The Labute approximate surface area is 138 Å². The summed E-state index contributed by atoms with van der Waals surface area (Å²) in [6.07, 6.45) is 8.48. The minimum Gasteiger partial charge on any atom is -0.468 e. The molecule has 21 heavy (non-hydrogen) atoms. The van der Waals surface area contributed by atoms with Gasteiger partial charge in [0.15, 0.2) is 0 Å². The Morgan fingerprint density at radius 1 is 1.38 bits per heavy atom. The Balaban J connectivity index is 2.02. The first-order chi connectivity index (χ1) is 10.1. The first-order valence-electron chi connectivity index (χ1n) is 8.55. The first kappa shape index (κ1) is 17.1. The van der Waals surface area contributed by atoms with E-state index >= 15 is 0 Å². The quantitative estimate of drug-likeness (QED) is 0.689. The van der Waals surface area contributed by atoms with Crippen molar-refractivity contribution in [3.05, 3.63) is 22.6 Å². The van der Waals surface area contributed by atoms with Gasteiger partial charge in [0.05, 0.1) is 10.7 Å². The van der Waals surface area contributed by atoms with E-state index in [0.717, 1.165) is 29.4 Å². The highest BCUT2D eigenvalue weighted by Crippen LogP contribution is 2.44. The van der Waals surface area contributed by atoms with E-state index in [1.165, 1.54) is 37.9 Å². The number of furan rings is 1. The highest BCUT2D eigenvalue weighted by Gasteiger charge is 2.33. The van der Waals surface area contributed by atoms with Crippen LogP contribution in [0.5, 0.6) is 0 Å². The number of rotatable bonds is 7. The van der Waals surface area contributed by atoms with Gasteiger partial charge in [-0.25, -0.2) is 0 Å². The van der Waals surface area contributed by atoms with Gasteiger partial charge < -0.3 is 9.73 Å². The third-order valence-electron chi connectivity index (χ3n) is 4.74. The van der Waals surface area contributed by atoms with Crippen LogP contribution in [0.3, 0.4) is 0 Å². The maximum Gasteiger partial charge on any atom is 0.121 e. The van der Waals surface area contributed by atoms with Gasteiger partial charge >= 0.3 is 0 Å². The fourth-order valence-electron chi connectivity index (χ4n) is 3.68. The van der Waals surface area contributed by atoms with Crippen LogP contribution in [0.2, 0.25) is 0 Å². The summed E-state index contributed by atoms with van der Waals surface area (Å²) in [6.45, 7) is 9.07. The minimum atomic E-state index is 0.569. The van der Waals surface area contributed by atoms with Crippen LogP contribution in [0.15, 0.2) is 21.2 Å². The lowest BCUT2D eigenvalue weighted by Gasteiger charge is -2.35. The number of hydrogen-bond acceptors (Lipinski definition) is 2. The molecule has 0 radical (unpaired) electrons. The molecule has 0 amide bonds. The van der Waals surface area contributed by atoms with E-state index in [4.69, 9.17) is 4.42 Å². The Morgan fingerprint density at radius 2 is 2.19 bits per heavy atom. The topological polar surface area (TPSA) is 25.2 Å². The van der Waals surface area contributed by atoms with Crippen LogP contribution >= 0.6 is 15.9 Å². The first-order valence-corrected chi connectivity index (χ1v) is 9.34. The zero-order valence-corrected chi connectivity index (χ0v) is 15.3. The summed E-state index contributed by atoms with van der Waals surface area (Å²) in [6, 6.07) is 2.04. The lowest BCUT2D eigenvalue weighted by molar-refractivity contribution is 0.199. The summed E-state index contributed by atoms with van der Waals surface area (Å²) in [5, 5.41) is 3.66. The van der Waals surface area contributed by atoms with Crippen LogP contribution in [-0.2, 0) is 0 Å². The molecular formula is C18H30BrNO. The molecule has 0 spiro atoms. The molecule has 1 N–H and O–H groups in total. The van der Waals surface area contributed by atoms with Crippen molar-refractivity contribution < 1.29 is 4.42 Å². The van der Waals surface area contributed by atoms with Gasteiger partial charge in [-0.1, -0.05) is 40.0 Å². The zero-order valence-electron chi connectivity index (χ0n) is 13.7. The van der Waals surface area contributed by atoms with Crippen molar-refractivity contribution in [1.82, 2.24) is 5.32 Å². The Hall–Kier alpha value is -0.280. The van der Waals surface area contributed by atoms with Gasteiger partial charge in [0, 0.05) is 5.92 Å². The lowest BCUT2D eigenvalue weighted by Crippen LogP contribution is -2.33. The predicted octanol–water partition coefficient (Wildman–Crippen LogP) is 5.59. The van der Waals surface area contributed by atoms with Crippen LogP contribution in [0, 0.1) is 17.8 Å². The second kappa shape index (κ2) is 8.38. The second-order valence-electron chi connectivity index (χ2n) is 7.02. The highest BCUT2D eigenvalue weighted by molar-refractivity contribution is 9.10. The summed E-state index contributed by atoms with van der Waals surface area (Å²) >= 11 is 3.67. The van der Waals surface area contributed by atoms with E-state index in [9.17, 15) is 0 Å². The molecule has 1 aliphatic rings. The maximum absolute atomic E-state index is 5.81. The molecule has 2 rings (SSSR count). The van der Waals surface area contributed by atoms with Gasteiger partial charge in [0.25, 0.3) is 0 Å². The van der Waals surface area contributed by atoms with Crippen LogP contribution in [0.4, 0.5) is 0 Å². The third-order valence-corrected chi connectivity index (χ3v) is 5.39. The van der Waals surface area contributed by atoms with E-state index in [1.54, 1.807) is 0 Å². The molecule has 0 saturated heterocycles. The van der Waals surface area contributed by atoms with E-state index in [2.05, 4.69) is 42.0 Å².